The molecule has 1 aromatic carbocycles. The van der Waals surface area contributed by atoms with Gasteiger partial charge in [0.2, 0.25) is 0 Å². The standard InChI is InChI=1S/C15H20ClNO3/c16-13-6-5-11(18)9-12(13)14(19)17-10-15(20)7-3-1-2-4-8-15/h5-6,9,18,20H,1-4,7-8,10H2,(H,17,19). The normalized spacial score (nSPS) is 18.3. The van der Waals surface area contributed by atoms with E-state index in [0.717, 1.165) is 25.7 Å². The molecule has 1 aliphatic rings. The highest BCUT2D eigenvalue weighted by atomic mass is 35.5. The highest BCUT2D eigenvalue weighted by molar-refractivity contribution is 6.33. The van der Waals surface area contributed by atoms with Gasteiger partial charge in [0.15, 0.2) is 0 Å². The molecule has 20 heavy (non-hydrogen) atoms. The maximum atomic E-state index is 12.1. The average molecular weight is 298 g/mol. The first-order chi connectivity index (χ1) is 9.50. The Labute approximate surface area is 123 Å². The summed E-state index contributed by atoms with van der Waals surface area (Å²) in [5.41, 5.74) is -0.598. The Morgan fingerprint density at radius 1 is 1.25 bits per heavy atom. The lowest BCUT2D eigenvalue weighted by atomic mass is 9.94. The molecule has 4 nitrogen and oxygen atoms in total. The fraction of sp³-hybridized carbons (Fsp3) is 0.533. The van der Waals surface area contributed by atoms with Crippen LogP contribution in [-0.2, 0) is 0 Å². The van der Waals surface area contributed by atoms with Crippen LogP contribution in [0.2, 0.25) is 5.02 Å². The summed E-state index contributed by atoms with van der Waals surface area (Å²) in [4.78, 5) is 12.1. The average Bonchev–Trinajstić information content (AvgIpc) is 2.64. The van der Waals surface area contributed by atoms with Crippen molar-refractivity contribution in [2.45, 2.75) is 44.1 Å². The third-order valence-electron chi connectivity index (χ3n) is 3.81. The number of hydrogen-bond acceptors (Lipinski definition) is 3. The summed E-state index contributed by atoms with van der Waals surface area (Å²) < 4.78 is 0. The van der Waals surface area contributed by atoms with E-state index >= 15 is 0 Å². The lowest BCUT2D eigenvalue weighted by Crippen LogP contribution is -2.42. The van der Waals surface area contributed by atoms with Crippen LogP contribution in [0.1, 0.15) is 48.9 Å². The Kier molecular flexibility index (Phi) is 4.89. The lowest BCUT2D eigenvalue weighted by Gasteiger charge is -2.26. The molecule has 0 bridgehead atoms. The van der Waals surface area contributed by atoms with Crippen molar-refractivity contribution in [3.63, 3.8) is 0 Å². The van der Waals surface area contributed by atoms with Crippen molar-refractivity contribution in [1.29, 1.82) is 0 Å². The first-order valence-electron chi connectivity index (χ1n) is 6.99. The van der Waals surface area contributed by atoms with Crippen LogP contribution in [0.15, 0.2) is 18.2 Å². The second-order valence-corrected chi connectivity index (χ2v) is 5.89. The number of rotatable bonds is 3. The predicted molar refractivity (Wildman–Crippen MR) is 78.1 cm³/mol. The molecule has 2 rings (SSSR count). The topological polar surface area (TPSA) is 69.6 Å². The van der Waals surface area contributed by atoms with Gasteiger partial charge in [0.1, 0.15) is 5.75 Å². The van der Waals surface area contributed by atoms with Crippen LogP contribution in [0, 0.1) is 0 Å². The summed E-state index contributed by atoms with van der Waals surface area (Å²) in [6.45, 7) is 0.220. The molecule has 5 heteroatoms. The van der Waals surface area contributed by atoms with Crippen molar-refractivity contribution in [2.24, 2.45) is 0 Å². The third-order valence-corrected chi connectivity index (χ3v) is 4.14. The number of amides is 1. The Balaban J connectivity index is 1.99. The van der Waals surface area contributed by atoms with Gasteiger partial charge < -0.3 is 15.5 Å². The molecule has 1 fully saturated rings. The fourth-order valence-electron chi connectivity index (χ4n) is 2.59. The molecule has 0 spiro atoms. The molecule has 1 amide bonds. The van der Waals surface area contributed by atoms with E-state index in [-0.39, 0.29) is 28.8 Å². The molecule has 110 valence electrons. The maximum absolute atomic E-state index is 12.1. The number of phenols is 1. The monoisotopic (exact) mass is 297 g/mol. The minimum Gasteiger partial charge on any atom is -0.508 e. The van der Waals surface area contributed by atoms with Crippen molar-refractivity contribution >= 4 is 17.5 Å². The van der Waals surface area contributed by atoms with Crippen LogP contribution in [0.3, 0.4) is 0 Å². The second kappa shape index (κ2) is 6.46. The van der Waals surface area contributed by atoms with Crippen LogP contribution < -0.4 is 5.32 Å². The summed E-state index contributed by atoms with van der Waals surface area (Å²) >= 11 is 5.94. The van der Waals surface area contributed by atoms with E-state index in [1.54, 1.807) is 0 Å². The summed E-state index contributed by atoms with van der Waals surface area (Å²) in [5, 5.41) is 22.9. The van der Waals surface area contributed by atoms with Crippen LogP contribution in [0.4, 0.5) is 0 Å². The summed E-state index contributed by atoms with van der Waals surface area (Å²) in [6.07, 6.45) is 5.66. The Hall–Kier alpha value is -1.26. The van der Waals surface area contributed by atoms with Gasteiger partial charge in [0.05, 0.1) is 16.2 Å². The largest absolute Gasteiger partial charge is 0.508 e. The van der Waals surface area contributed by atoms with Crippen LogP contribution in [0.25, 0.3) is 0 Å². The number of aliphatic hydroxyl groups is 1. The molecule has 0 unspecified atom stereocenters. The highest BCUT2D eigenvalue weighted by Crippen LogP contribution is 2.27. The van der Waals surface area contributed by atoms with Gasteiger partial charge in [-0.2, -0.15) is 0 Å². The number of carbonyl (C=O) groups is 1. The first-order valence-corrected chi connectivity index (χ1v) is 7.37. The Morgan fingerprint density at radius 2 is 1.90 bits per heavy atom. The molecular formula is C15H20ClNO3. The zero-order chi connectivity index (χ0) is 14.6. The maximum Gasteiger partial charge on any atom is 0.253 e. The van der Waals surface area contributed by atoms with Crippen molar-refractivity contribution in [2.75, 3.05) is 6.54 Å². The van der Waals surface area contributed by atoms with Crippen molar-refractivity contribution in [3.8, 4) is 5.75 Å². The van der Waals surface area contributed by atoms with Gasteiger partial charge in [0.25, 0.3) is 5.91 Å². The van der Waals surface area contributed by atoms with E-state index in [4.69, 9.17) is 11.6 Å². The van der Waals surface area contributed by atoms with Crippen LogP contribution >= 0.6 is 11.6 Å². The molecule has 3 N–H and O–H groups in total. The zero-order valence-electron chi connectivity index (χ0n) is 11.4. The first kappa shape index (κ1) is 15.1. The molecular weight excluding hydrogens is 278 g/mol. The lowest BCUT2D eigenvalue weighted by molar-refractivity contribution is 0.0246. The van der Waals surface area contributed by atoms with Crippen LogP contribution in [0.5, 0.6) is 5.75 Å². The van der Waals surface area contributed by atoms with E-state index < -0.39 is 5.60 Å². The number of halogens is 1. The number of benzene rings is 1. The summed E-state index contributed by atoms with van der Waals surface area (Å²) in [7, 11) is 0. The molecule has 1 aliphatic carbocycles. The quantitative estimate of drug-likeness (QED) is 0.751. The number of carbonyl (C=O) groups excluding carboxylic acids is 1. The van der Waals surface area contributed by atoms with Gasteiger partial charge >= 0.3 is 0 Å². The van der Waals surface area contributed by atoms with E-state index in [0.29, 0.717) is 12.8 Å². The van der Waals surface area contributed by atoms with Crippen molar-refractivity contribution < 1.29 is 15.0 Å². The van der Waals surface area contributed by atoms with E-state index in [1.807, 2.05) is 0 Å². The van der Waals surface area contributed by atoms with Crippen LogP contribution in [-0.4, -0.2) is 28.3 Å². The van der Waals surface area contributed by atoms with Crippen molar-refractivity contribution in [1.82, 2.24) is 5.32 Å². The number of aromatic hydroxyl groups is 1. The molecule has 0 radical (unpaired) electrons. The SMILES string of the molecule is O=C(NCC1(O)CCCCCC1)c1cc(O)ccc1Cl. The smallest absolute Gasteiger partial charge is 0.253 e. The molecule has 1 saturated carbocycles. The highest BCUT2D eigenvalue weighted by Gasteiger charge is 2.28. The molecule has 1 aromatic rings. The van der Waals surface area contributed by atoms with E-state index in [2.05, 4.69) is 5.32 Å². The molecule has 0 saturated heterocycles. The van der Waals surface area contributed by atoms with Gasteiger partial charge in [-0.3, -0.25) is 4.79 Å². The van der Waals surface area contributed by atoms with Gasteiger partial charge in [-0.05, 0) is 31.0 Å². The van der Waals surface area contributed by atoms with Gasteiger partial charge in [-0.25, -0.2) is 0 Å². The Morgan fingerprint density at radius 3 is 2.55 bits per heavy atom. The molecule has 0 aromatic heterocycles. The number of nitrogens with one attached hydrogen (secondary N) is 1. The third kappa shape index (κ3) is 3.87. The predicted octanol–water partition coefficient (Wildman–Crippen LogP) is 2.86. The van der Waals surface area contributed by atoms with Gasteiger partial charge in [-0.1, -0.05) is 37.3 Å². The molecule has 0 aliphatic heterocycles. The molecule has 0 atom stereocenters. The second-order valence-electron chi connectivity index (χ2n) is 5.49. The van der Waals surface area contributed by atoms with Crippen molar-refractivity contribution in [3.05, 3.63) is 28.8 Å². The number of phenolic OH excluding ortho intramolecular Hbond substituents is 1. The zero-order valence-corrected chi connectivity index (χ0v) is 12.1. The number of hydrogen-bond donors (Lipinski definition) is 3. The minimum absolute atomic E-state index is 0.00673. The van der Waals surface area contributed by atoms with Gasteiger partial charge in [-0.15, -0.1) is 0 Å². The Bertz CT molecular complexity index is 482. The van der Waals surface area contributed by atoms with Gasteiger partial charge in [0, 0.05) is 6.54 Å². The van der Waals surface area contributed by atoms with E-state index in [1.165, 1.54) is 18.2 Å². The summed E-state index contributed by atoms with van der Waals surface area (Å²) in [6, 6.07) is 4.24. The van der Waals surface area contributed by atoms with E-state index in [9.17, 15) is 15.0 Å². The minimum atomic E-state index is -0.824. The summed E-state index contributed by atoms with van der Waals surface area (Å²) in [5.74, 6) is -0.378. The fourth-order valence-corrected chi connectivity index (χ4v) is 2.79. The molecule has 0 heterocycles.